The number of nitrogens with one attached hydrogen (secondary N) is 1. The van der Waals surface area contributed by atoms with Gasteiger partial charge in [-0.3, -0.25) is 4.98 Å². The maximum atomic E-state index is 5.66. The molecule has 0 atom stereocenters. The summed E-state index contributed by atoms with van der Waals surface area (Å²) in [5.41, 5.74) is 4.35. The molecule has 0 radical (unpaired) electrons. The van der Waals surface area contributed by atoms with E-state index in [4.69, 9.17) is 9.41 Å². The topological polar surface area (TPSA) is 59.1 Å². The van der Waals surface area contributed by atoms with Crippen LogP contribution in [0.4, 0.5) is 5.69 Å². The van der Waals surface area contributed by atoms with E-state index in [9.17, 15) is 0 Å². The van der Waals surface area contributed by atoms with E-state index < -0.39 is 0 Å². The smallest absolute Gasteiger partial charge is 0.190 e. The SMILES string of the molecule is c1cncc(N=c2scc(-c3ccco3)n2CCc2c[nH]c3ccccc23)c1. The number of pyridine rings is 1. The summed E-state index contributed by atoms with van der Waals surface area (Å²) >= 11 is 1.61. The van der Waals surface area contributed by atoms with Crippen LogP contribution >= 0.6 is 11.3 Å². The van der Waals surface area contributed by atoms with Gasteiger partial charge in [0.2, 0.25) is 0 Å². The molecule has 0 fully saturated rings. The largest absolute Gasteiger partial charge is 0.463 e. The van der Waals surface area contributed by atoms with Crippen molar-refractivity contribution in [3.8, 4) is 11.5 Å². The van der Waals surface area contributed by atoms with Crippen LogP contribution in [0.15, 0.2) is 88.2 Å². The maximum Gasteiger partial charge on any atom is 0.190 e. The Morgan fingerprint density at radius 1 is 1.11 bits per heavy atom. The Bertz CT molecular complexity index is 1260. The third-order valence-corrected chi connectivity index (χ3v) is 5.59. The molecule has 1 N–H and O–H groups in total. The minimum absolute atomic E-state index is 0.806. The van der Waals surface area contributed by atoms with Gasteiger partial charge in [0, 0.05) is 35.2 Å². The molecule has 0 amide bonds. The standard InChI is InChI=1S/C22H18N4OS/c1-2-7-19-18(6-1)16(13-24-19)9-11-26-20(21-8-4-12-27-21)15-28-22(26)25-17-5-3-10-23-14-17/h1-8,10,12-15,24H,9,11H2. The highest BCUT2D eigenvalue weighted by Gasteiger charge is 2.12. The van der Waals surface area contributed by atoms with E-state index in [1.54, 1.807) is 30.0 Å². The number of furan rings is 1. The van der Waals surface area contributed by atoms with Crippen LogP contribution in [0.2, 0.25) is 0 Å². The number of para-hydroxylation sites is 1. The summed E-state index contributed by atoms with van der Waals surface area (Å²) in [7, 11) is 0. The lowest BCUT2D eigenvalue weighted by molar-refractivity contribution is 0.569. The molecule has 5 aromatic rings. The summed E-state index contributed by atoms with van der Waals surface area (Å²) < 4.78 is 7.88. The summed E-state index contributed by atoms with van der Waals surface area (Å²) in [5, 5.41) is 3.37. The third kappa shape index (κ3) is 3.18. The van der Waals surface area contributed by atoms with Crippen molar-refractivity contribution in [2.45, 2.75) is 13.0 Å². The van der Waals surface area contributed by atoms with Crippen molar-refractivity contribution < 1.29 is 4.42 Å². The van der Waals surface area contributed by atoms with Gasteiger partial charge in [-0.2, -0.15) is 0 Å². The minimum atomic E-state index is 0.806. The van der Waals surface area contributed by atoms with Gasteiger partial charge < -0.3 is 14.0 Å². The predicted molar refractivity (Wildman–Crippen MR) is 111 cm³/mol. The van der Waals surface area contributed by atoms with Crippen LogP contribution in [0.5, 0.6) is 0 Å². The molecule has 0 unspecified atom stereocenters. The van der Waals surface area contributed by atoms with E-state index in [1.165, 1.54) is 16.5 Å². The summed E-state index contributed by atoms with van der Waals surface area (Å²) in [5.74, 6) is 0.850. The van der Waals surface area contributed by atoms with Crippen LogP contribution in [-0.2, 0) is 13.0 Å². The highest BCUT2D eigenvalue weighted by molar-refractivity contribution is 7.07. The summed E-state index contributed by atoms with van der Waals surface area (Å²) in [4.78, 5) is 13.3. The zero-order valence-corrected chi connectivity index (χ0v) is 15.9. The van der Waals surface area contributed by atoms with Crippen molar-refractivity contribution in [3.05, 3.63) is 89.1 Å². The minimum Gasteiger partial charge on any atom is -0.463 e. The first kappa shape index (κ1) is 16.8. The molecule has 28 heavy (non-hydrogen) atoms. The van der Waals surface area contributed by atoms with Gasteiger partial charge in [-0.05, 0) is 42.3 Å². The summed E-state index contributed by atoms with van der Waals surface area (Å²) in [6, 6.07) is 16.2. The molecule has 0 saturated heterocycles. The predicted octanol–water partition coefficient (Wildman–Crippen LogP) is 5.16. The number of rotatable bonds is 5. The molecule has 5 nitrogen and oxygen atoms in total. The van der Waals surface area contributed by atoms with E-state index in [-0.39, 0.29) is 0 Å². The molecule has 4 heterocycles. The lowest BCUT2D eigenvalue weighted by Crippen LogP contribution is -2.17. The first-order valence-electron chi connectivity index (χ1n) is 9.10. The molecular weight excluding hydrogens is 368 g/mol. The number of fused-ring (bicyclic) bond motifs is 1. The monoisotopic (exact) mass is 386 g/mol. The van der Waals surface area contributed by atoms with Gasteiger partial charge in [0.05, 0.1) is 23.8 Å². The number of H-pyrrole nitrogens is 1. The number of nitrogens with zero attached hydrogens (tertiary/aromatic N) is 3. The van der Waals surface area contributed by atoms with Gasteiger partial charge in [0.15, 0.2) is 10.6 Å². The molecule has 0 bridgehead atoms. The van der Waals surface area contributed by atoms with E-state index >= 15 is 0 Å². The average molecular weight is 386 g/mol. The molecule has 1 aromatic carbocycles. The fraction of sp³-hybridized carbons (Fsp3) is 0.0909. The van der Waals surface area contributed by atoms with Crippen LogP contribution < -0.4 is 4.80 Å². The lowest BCUT2D eigenvalue weighted by atomic mass is 10.1. The Labute approximate surface area is 165 Å². The molecule has 0 aliphatic heterocycles. The third-order valence-electron chi connectivity index (χ3n) is 4.72. The quantitative estimate of drug-likeness (QED) is 0.453. The van der Waals surface area contributed by atoms with Gasteiger partial charge in [-0.1, -0.05) is 18.2 Å². The zero-order chi connectivity index (χ0) is 18.8. The lowest BCUT2D eigenvalue weighted by Gasteiger charge is -2.07. The first-order valence-corrected chi connectivity index (χ1v) is 9.98. The number of aromatic nitrogens is 3. The second kappa shape index (κ2) is 7.32. The van der Waals surface area contributed by atoms with E-state index in [1.807, 2.05) is 24.3 Å². The van der Waals surface area contributed by atoms with E-state index in [0.29, 0.717) is 0 Å². The van der Waals surface area contributed by atoms with Gasteiger partial charge in [-0.15, -0.1) is 11.3 Å². The van der Waals surface area contributed by atoms with Gasteiger partial charge in [-0.25, -0.2) is 4.99 Å². The Balaban J connectivity index is 1.55. The Hall–Kier alpha value is -3.38. The van der Waals surface area contributed by atoms with Crippen LogP contribution in [0, 0.1) is 0 Å². The van der Waals surface area contributed by atoms with Crippen LogP contribution in [0.3, 0.4) is 0 Å². The van der Waals surface area contributed by atoms with Gasteiger partial charge >= 0.3 is 0 Å². The highest BCUT2D eigenvalue weighted by Crippen LogP contribution is 2.23. The number of aryl methyl sites for hydroxylation is 1. The molecule has 0 aliphatic rings. The fourth-order valence-electron chi connectivity index (χ4n) is 3.36. The fourth-order valence-corrected chi connectivity index (χ4v) is 4.29. The molecule has 6 heteroatoms. The van der Waals surface area contributed by atoms with Crippen LogP contribution in [0.1, 0.15) is 5.56 Å². The molecule has 0 saturated carbocycles. The second-order valence-electron chi connectivity index (χ2n) is 6.46. The Kier molecular flexibility index (Phi) is 4.39. The maximum absolute atomic E-state index is 5.66. The van der Waals surface area contributed by atoms with Crippen molar-refractivity contribution in [2.24, 2.45) is 4.99 Å². The molecule has 4 aromatic heterocycles. The number of hydrogen-bond donors (Lipinski definition) is 1. The molecule has 0 aliphatic carbocycles. The number of aromatic amines is 1. The first-order chi connectivity index (χ1) is 13.9. The number of benzene rings is 1. The van der Waals surface area contributed by atoms with E-state index in [2.05, 4.69) is 50.4 Å². The van der Waals surface area contributed by atoms with Gasteiger partial charge in [0.1, 0.15) is 0 Å². The molecular formula is C22H18N4OS. The van der Waals surface area contributed by atoms with Crippen LogP contribution in [0.25, 0.3) is 22.4 Å². The van der Waals surface area contributed by atoms with Crippen molar-refractivity contribution in [3.63, 3.8) is 0 Å². The zero-order valence-electron chi connectivity index (χ0n) is 15.1. The van der Waals surface area contributed by atoms with Crippen LogP contribution in [-0.4, -0.2) is 14.5 Å². The summed E-state index contributed by atoms with van der Waals surface area (Å²) in [6.07, 6.45) is 8.23. The van der Waals surface area contributed by atoms with Crippen molar-refractivity contribution in [2.75, 3.05) is 0 Å². The van der Waals surface area contributed by atoms with E-state index in [0.717, 1.165) is 34.9 Å². The number of thiazole rings is 1. The van der Waals surface area contributed by atoms with Crippen molar-refractivity contribution >= 4 is 27.9 Å². The second-order valence-corrected chi connectivity index (χ2v) is 7.30. The molecule has 0 spiro atoms. The Morgan fingerprint density at radius 2 is 2.07 bits per heavy atom. The van der Waals surface area contributed by atoms with Crippen molar-refractivity contribution in [1.82, 2.24) is 14.5 Å². The average Bonchev–Trinajstić information content (AvgIpc) is 3.47. The van der Waals surface area contributed by atoms with Crippen molar-refractivity contribution in [1.29, 1.82) is 0 Å². The number of hydrogen-bond acceptors (Lipinski definition) is 4. The Morgan fingerprint density at radius 3 is 2.93 bits per heavy atom. The molecule has 5 rings (SSSR count). The highest BCUT2D eigenvalue weighted by atomic mass is 32.1. The summed E-state index contributed by atoms with van der Waals surface area (Å²) in [6.45, 7) is 0.806. The molecule has 138 valence electrons. The normalized spacial score (nSPS) is 12.1. The van der Waals surface area contributed by atoms with Gasteiger partial charge in [0.25, 0.3) is 0 Å².